The van der Waals surface area contributed by atoms with E-state index in [4.69, 9.17) is 5.11 Å². The Morgan fingerprint density at radius 2 is 2.00 bits per heavy atom. The van der Waals surface area contributed by atoms with Gasteiger partial charge in [-0.1, -0.05) is 6.08 Å². The largest absolute Gasteiger partial charge is 0.395 e. The zero-order chi connectivity index (χ0) is 10.7. The molecule has 0 unspecified atom stereocenters. The summed E-state index contributed by atoms with van der Waals surface area (Å²) in [6.07, 6.45) is -1.02. The molecule has 14 heavy (non-hydrogen) atoms. The molecule has 0 amide bonds. The van der Waals surface area contributed by atoms with Gasteiger partial charge < -0.3 is 25.7 Å². The monoisotopic (exact) mass is 203 g/mol. The molecule has 82 valence electrons. The van der Waals surface area contributed by atoms with E-state index in [1.165, 1.54) is 6.08 Å². The topological polar surface area (TPSA) is 93.0 Å². The van der Waals surface area contributed by atoms with Gasteiger partial charge in [0.05, 0.1) is 37.0 Å². The molecule has 0 aromatic heterocycles. The van der Waals surface area contributed by atoms with Crippen molar-refractivity contribution in [1.29, 1.82) is 0 Å². The van der Waals surface area contributed by atoms with E-state index >= 15 is 0 Å². The van der Waals surface area contributed by atoms with E-state index < -0.39 is 30.4 Å². The number of hydrogen-bond donors (Lipinski definition) is 5. The fourth-order valence-electron chi connectivity index (χ4n) is 1.71. The second-order valence-electron chi connectivity index (χ2n) is 3.55. The Bertz CT molecular complexity index is 199. The minimum atomic E-state index is -1.05. The quantitative estimate of drug-likeness (QED) is 0.340. The number of aliphatic hydroxyl groups excluding tert-OH is 4. The molecule has 0 saturated carbocycles. The third kappa shape index (κ3) is 2.13. The lowest BCUT2D eigenvalue weighted by Crippen LogP contribution is -2.43. The summed E-state index contributed by atoms with van der Waals surface area (Å²) >= 11 is 0. The zero-order valence-electron chi connectivity index (χ0n) is 7.87. The van der Waals surface area contributed by atoms with Crippen LogP contribution in [0.2, 0.25) is 0 Å². The standard InChI is InChI=1S/C9H17NO4/c1-2-3-6(12)7-9(14)8(13)5(4-11)10-7/h2,5-14H,1,3-4H2/t5-,6+,7+,8-,9+/m1/s1. The second-order valence-corrected chi connectivity index (χ2v) is 3.55. The van der Waals surface area contributed by atoms with Crippen LogP contribution in [-0.4, -0.2) is 57.4 Å². The van der Waals surface area contributed by atoms with E-state index in [2.05, 4.69) is 11.9 Å². The Kier molecular flexibility index (Phi) is 4.03. The van der Waals surface area contributed by atoms with Crippen molar-refractivity contribution >= 4 is 0 Å². The highest BCUT2D eigenvalue weighted by atomic mass is 16.3. The van der Waals surface area contributed by atoms with Crippen LogP contribution in [0.1, 0.15) is 6.42 Å². The van der Waals surface area contributed by atoms with Gasteiger partial charge in [0.2, 0.25) is 0 Å². The SMILES string of the molecule is C=CC[C@H](O)[C@@H]1N[C@H](CO)[C@@H](O)[C@H]1O. The average molecular weight is 203 g/mol. The summed E-state index contributed by atoms with van der Waals surface area (Å²) in [5.74, 6) is 0. The summed E-state index contributed by atoms with van der Waals surface area (Å²) in [5, 5.41) is 40.2. The van der Waals surface area contributed by atoms with Crippen LogP contribution in [0.5, 0.6) is 0 Å². The van der Waals surface area contributed by atoms with Crippen molar-refractivity contribution in [2.24, 2.45) is 0 Å². The van der Waals surface area contributed by atoms with Gasteiger partial charge in [-0.15, -0.1) is 6.58 Å². The first kappa shape index (κ1) is 11.6. The molecule has 0 bridgehead atoms. The summed E-state index contributed by atoms with van der Waals surface area (Å²) in [6, 6.07) is -1.19. The molecule has 1 aliphatic heterocycles. The van der Waals surface area contributed by atoms with Crippen LogP contribution < -0.4 is 5.32 Å². The van der Waals surface area contributed by atoms with Crippen LogP contribution in [0, 0.1) is 0 Å². The fraction of sp³-hybridized carbons (Fsp3) is 0.778. The van der Waals surface area contributed by atoms with E-state index in [0.29, 0.717) is 6.42 Å². The molecule has 5 heteroatoms. The van der Waals surface area contributed by atoms with Gasteiger partial charge in [0.25, 0.3) is 0 Å². The summed E-state index contributed by atoms with van der Waals surface area (Å²) in [4.78, 5) is 0. The summed E-state index contributed by atoms with van der Waals surface area (Å²) in [6.45, 7) is 3.21. The molecular weight excluding hydrogens is 186 g/mol. The smallest absolute Gasteiger partial charge is 0.0993 e. The van der Waals surface area contributed by atoms with Gasteiger partial charge in [0.15, 0.2) is 0 Å². The van der Waals surface area contributed by atoms with Gasteiger partial charge in [0.1, 0.15) is 0 Å². The number of aliphatic hydroxyl groups is 4. The molecule has 1 rings (SSSR count). The van der Waals surface area contributed by atoms with E-state index in [-0.39, 0.29) is 6.61 Å². The molecule has 0 radical (unpaired) electrons. The molecule has 5 N–H and O–H groups in total. The molecule has 0 aliphatic carbocycles. The minimum absolute atomic E-state index is 0.268. The Labute approximate surface area is 82.7 Å². The van der Waals surface area contributed by atoms with Crippen molar-refractivity contribution in [3.63, 3.8) is 0 Å². The van der Waals surface area contributed by atoms with E-state index in [9.17, 15) is 15.3 Å². The van der Waals surface area contributed by atoms with E-state index in [1.807, 2.05) is 0 Å². The maximum absolute atomic E-state index is 9.56. The Morgan fingerprint density at radius 1 is 1.36 bits per heavy atom. The number of nitrogens with one attached hydrogen (secondary N) is 1. The Morgan fingerprint density at radius 3 is 2.43 bits per heavy atom. The van der Waals surface area contributed by atoms with Gasteiger partial charge in [-0.05, 0) is 6.42 Å². The normalized spacial score (nSPS) is 39.7. The van der Waals surface area contributed by atoms with Crippen LogP contribution in [-0.2, 0) is 0 Å². The van der Waals surface area contributed by atoms with Crippen LogP contribution in [0.25, 0.3) is 0 Å². The van der Waals surface area contributed by atoms with E-state index in [0.717, 1.165) is 0 Å². The van der Waals surface area contributed by atoms with Gasteiger partial charge in [0, 0.05) is 0 Å². The lowest BCUT2D eigenvalue weighted by Gasteiger charge is -2.20. The highest BCUT2D eigenvalue weighted by Gasteiger charge is 2.43. The third-order valence-electron chi connectivity index (χ3n) is 2.56. The van der Waals surface area contributed by atoms with Crippen molar-refractivity contribution in [2.75, 3.05) is 6.61 Å². The van der Waals surface area contributed by atoms with Crippen molar-refractivity contribution < 1.29 is 20.4 Å². The molecule has 1 saturated heterocycles. The molecule has 1 aliphatic rings. The molecule has 5 atom stereocenters. The maximum Gasteiger partial charge on any atom is 0.0993 e. The van der Waals surface area contributed by atoms with Gasteiger partial charge in [-0.2, -0.15) is 0 Å². The van der Waals surface area contributed by atoms with Crippen molar-refractivity contribution in [3.05, 3.63) is 12.7 Å². The summed E-state index contributed by atoms with van der Waals surface area (Å²) < 4.78 is 0. The van der Waals surface area contributed by atoms with Crippen molar-refractivity contribution in [1.82, 2.24) is 5.32 Å². The first-order valence-electron chi connectivity index (χ1n) is 4.63. The minimum Gasteiger partial charge on any atom is -0.395 e. The number of rotatable bonds is 4. The Balaban J connectivity index is 2.59. The van der Waals surface area contributed by atoms with Gasteiger partial charge in [-0.25, -0.2) is 0 Å². The third-order valence-corrected chi connectivity index (χ3v) is 2.56. The number of hydrogen-bond acceptors (Lipinski definition) is 5. The average Bonchev–Trinajstić information content (AvgIpc) is 2.44. The van der Waals surface area contributed by atoms with Gasteiger partial charge in [-0.3, -0.25) is 0 Å². The fourth-order valence-corrected chi connectivity index (χ4v) is 1.71. The molecule has 1 fully saturated rings. The first-order chi connectivity index (χ1) is 6.61. The molecule has 5 nitrogen and oxygen atoms in total. The first-order valence-corrected chi connectivity index (χ1v) is 4.63. The molecule has 0 spiro atoms. The highest BCUT2D eigenvalue weighted by molar-refractivity contribution is 5.01. The van der Waals surface area contributed by atoms with Gasteiger partial charge >= 0.3 is 0 Å². The van der Waals surface area contributed by atoms with Crippen molar-refractivity contribution in [2.45, 2.75) is 36.8 Å². The Hall–Kier alpha value is -0.460. The van der Waals surface area contributed by atoms with Crippen molar-refractivity contribution in [3.8, 4) is 0 Å². The summed E-state index contributed by atoms with van der Waals surface area (Å²) in [7, 11) is 0. The molecule has 1 heterocycles. The van der Waals surface area contributed by atoms with Crippen LogP contribution in [0.3, 0.4) is 0 Å². The molecule has 0 aromatic carbocycles. The zero-order valence-corrected chi connectivity index (χ0v) is 7.87. The lowest BCUT2D eigenvalue weighted by atomic mass is 10.0. The second kappa shape index (κ2) is 4.86. The van der Waals surface area contributed by atoms with Crippen LogP contribution in [0.4, 0.5) is 0 Å². The molecule has 0 aromatic rings. The molecular formula is C9H17NO4. The predicted molar refractivity (Wildman–Crippen MR) is 50.6 cm³/mol. The highest BCUT2D eigenvalue weighted by Crippen LogP contribution is 2.18. The summed E-state index contributed by atoms with van der Waals surface area (Å²) in [5.41, 5.74) is 0. The predicted octanol–water partition coefficient (Wildman–Crippen LogP) is -2.02. The lowest BCUT2D eigenvalue weighted by molar-refractivity contribution is -0.00184. The van der Waals surface area contributed by atoms with Crippen LogP contribution in [0.15, 0.2) is 12.7 Å². The maximum atomic E-state index is 9.56. The van der Waals surface area contributed by atoms with E-state index in [1.54, 1.807) is 0 Å². The van der Waals surface area contributed by atoms with Crippen LogP contribution >= 0.6 is 0 Å².